The quantitative estimate of drug-likeness (QED) is 0.831. The van der Waals surface area contributed by atoms with Crippen LogP contribution in [-0.4, -0.2) is 31.2 Å². The lowest BCUT2D eigenvalue weighted by molar-refractivity contribution is 0.251. The predicted octanol–water partition coefficient (Wildman–Crippen LogP) is 3.25. The Bertz CT molecular complexity index is 804. The highest BCUT2D eigenvalue weighted by Crippen LogP contribution is 2.27. The van der Waals surface area contributed by atoms with E-state index in [1.807, 2.05) is 18.2 Å². The van der Waals surface area contributed by atoms with Crippen molar-refractivity contribution in [2.75, 3.05) is 18.0 Å². The standard InChI is InChI=1S/C21H22FN3O/c22-17-8-10-18(11-9-17)25-19(14-24-21(25)26)20-16(7-4-12-23-20)13-15-5-2-1-3-6-15/h1-3,5-11,19-20,23H,4,12-14H2,(H,24,26). The summed E-state index contributed by atoms with van der Waals surface area (Å²) < 4.78 is 13.3. The topological polar surface area (TPSA) is 44.4 Å². The largest absolute Gasteiger partial charge is 0.336 e. The van der Waals surface area contributed by atoms with Crippen LogP contribution in [0, 0.1) is 5.82 Å². The Balaban J connectivity index is 1.61. The first-order chi connectivity index (χ1) is 12.7. The monoisotopic (exact) mass is 351 g/mol. The second-order valence-electron chi connectivity index (χ2n) is 6.76. The van der Waals surface area contributed by atoms with Crippen molar-refractivity contribution in [3.05, 3.63) is 77.6 Å². The van der Waals surface area contributed by atoms with Crippen LogP contribution in [0.3, 0.4) is 0 Å². The van der Waals surface area contributed by atoms with Crippen molar-refractivity contribution in [2.24, 2.45) is 0 Å². The summed E-state index contributed by atoms with van der Waals surface area (Å²) in [6.07, 6.45) is 4.14. The van der Waals surface area contributed by atoms with Crippen molar-refractivity contribution in [3.63, 3.8) is 0 Å². The van der Waals surface area contributed by atoms with Gasteiger partial charge in [0, 0.05) is 12.2 Å². The molecule has 0 aliphatic carbocycles. The second kappa shape index (κ2) is 7.30. The number of halogens is 1. The van der Waals surface area contributed by atoms with Crippen LogP contribution in [0.1, 0.15) is 12.0 Å². The van der Waals surface area contributed by atoms with Crippen LogP contribution in [0.2, 0.25) is 0 Å². The number of carbonyl (C=O) groups is 1. The van der Waals surface area contributed by atoms with Gasteiger partial charge in [-0.25, -0.2) is 9.18 Å². The van der Waals surface area contributed by atoms with E-state index in [1.165, 1.54) is 23.3 Å². The molecule has 4 rings (SSSR count). The molecule has 2 N–H and O–H groups in total. The number of hydrogen-bond donors (Lipinski definition) is 2. The molecule has 2 heterocycles. The van der Waals surface area contributed by atoms with E-state index in [2.05, 4.69) is 28.8 Å². The fourth-order valence-electron chi connectivity index (χ4n) is 3.85. The summed E-state index contributed by atoms with van der Waals surface area (Å²) >= 11 is 0. The molecule has 2 aromatic rings. The van der Waals surface area contributed by atoms with Gasteiger partial charge < -0.3 is 10.6 Å². The molecule has 0 radical (unpaired) electrons. The number of nitrogens with zero attached hydrogens (tertiary/aromatic N) is 1. The molecule has 0 aromatic heterocycles. The summed E-state index contributed by atoms with van der Waals surface area (Å²) in [5.74, 6) is -0.301. The molecule has 2 aliphatic rings. The summed E-state index contributed by atoms with van der Waals surface area (Å²) in [6, 6.07) is 16.4. The molecule has 0 bridgehead atoms. The predicted molar refractivity (Wildman–Crippen MR) is 101 cm³/mol. The number of amides is 2. The van der Waals surface area contributed by atoms with Crippen LogP contribution in [0.5, 0.6) is 0 Å². The Hall–Kier alpha value is -2.66. The normalized spacial score (nSPS) is 22.9. The molecule has 2 amide bonds. The zero-order valence-electron chi connectivity index (χ0n) is 14.5. The van der Waals surface area contributed by atoms with Crippen LogP contribution in [0.25, 0.3) is 0 Å². The molecule has 1 fully saturated rings. The first-order valence-corrected chi connectivity index (χ1v) is 9.01. The first-order valence-electron chi connectivity index (χ1n) is 9.01. The number of rotatable bonds is 4. The third-order valence-electron chi connectivity index (χ3n) is 5.07. The zero-order chi connectivity index (χ0) is 17.9. The lowest BCUT2D eigenvalue weighted by Crippen LogP contribution is -2.52. The Kier molecular flexibility index (Phi) is 4.71. The number of hydrogen-bond acceptors (Lipinski definition) is 2. The maximum atomic E-state index is 13.3. The SMILES string of the molecule is O=C1NCC(C2NCCC=C2Cc2ccccc2)N1c1ccc(F)cc1. The Morgan fingerprint density at radius 1 is 1.08 bits per heavy atom. The molecular weight excluding hydrogens is 329 g/mol. The summed E-state index contributed by atoms with van der Waals surface area (Å²) in [4.78, 5) is 14.2. The van der Waals surface area contributed by atoms with Gasteiger partial charge in [-0.3, -0.25) is 4.90 Å². The third-order valence-corrected chi connectivity index (χ3v) is 5.07. The summed E-state index contributed by atoms with van der Waals surface area (Å²) in [6.45, 7) is 1.46. The number of anilines is 1. The fraction of sp³-hybridized carbons (Fsp3) is 0.286. The lowest BCUT2D eigenvalue weighted by atomic mass is 9.90. The minimum Gasteiger partial charge on any atom is -0.336 e. The summed E-state index contributed by atoms with van der Waals surface area (Å²) in [5, 5.41) is 6.53. The fourth-order valence-corrected chi connectivity index (χ4v) is 3.85. The molecule has 5 heteroatoms. The Morgan fingerprint density at radius 2 is 1.85 bits per heavy atom. The van der Waals surface area contributed by atoms with Crippen molar-refractivity contribution < 1.29 is 9.18 Å². The minimum absolute atomic E-state index is 0.0387. The van der Waals surface area contributed by atoms with Crippen LogP contribution in [0.15, 0.2) is 66.2 Å². The van der Waals surface area contributed by atoms with Gasteiger partial charge >= 0.3 is 6.03 Å². The van der Waals surface area contributed by atoms with Crippen molar-refractivity contribution in [1.29, 1.82) is 0 Å². The number of urea groups is 1. The zero-order valence-corrected chi connectivity index (χ0v) is 14.5. The van der Waals surface area contributed by atoms with E-state index in [1.54, 1.807) is 17.0 Å². The van der Waals surface area contributed by atoms with Crippen molar-refractivity contribution in [3.8, 4) is 0 Å². The van der Waals surface area contributed by atoms with Crippen molar-refractivity contribution in [2.45, 2.75) is 24.9 Å². The van der Waals surface area contributed by atoms with Crippen LogP contribution in [-0.2, 0) is 6.42 Å². The molecule has 2 unspecified atom stereocenters. The molecule has 26 heavy (non-hydrogen) atoms. The van der Waals surface area contributed by atoms with Gasteiger partial charge in [0.2, 0.25) is 0 Å². The summed E-state index contributed by atoms with van der Waals surface area (Å²) in [5.41, 5.74) is 3.28. The van der Waals surface area contributed by atoms with E-state index in [0.29, 0.717) is 6.54 Å². The van der Waals surface area contributed by atoms with Gasteiger partial charge in [0.1, 0.15) is 5.82 Å². The number of carbonyl (C=O) groups excluding carboxylic acids is 1. The van der Waals surface area contributed by atoms with Crippen LogP contribution >= 0.6 is 0 Å². The van der Waals surface area contributed by atoms with Gasteiger partial charge in [-0.1, -0.05) is 42.0 Å². The highest BCUT2D eigenvalue weighted by molar-refractivity contribution is 5.95. The first kappa shape index (κ1) is 16.8. The molecular formula is C21H22FN3O. The molecule has 134 valence electrons. The average Bonchev–Trinajstić information content (AvgIpc) is 3.05. The van der Waals surface area contributed by atoms with Gasteiger partial charge in [-0.2, -0.15) is 0 Å². The van der Waals surface area contributed by atoms with Gasteiger partial charge in [-0.05, 0) is 49.2 Å². The third kappa shape index (κ3) is 3.35. The van der Waals surface area contributed by atoms with E-state index in [-0.39, 0.29) is 23.9 Å². The van der Waals surface area contributed by atoms with E-state index >= 15 is 0 Å². The maximum Gasteiger partial charge on any atom is 0.322 e. The minimum atomic E-state index is -0.301. The van der Waals surface area contributed by atoms with Crippen molar-refractivity contribution in [1.82, 2.24) is 10.6 Å². The van der Waals surface area contributed by atoms with Crippen LogP contribution in [0.4, 0.5) is 14.9 Å². The van der Waals surface area contributed by atoms with Crippen LogP contribution < -0.4 is 15.5 Å². The molecule has 2 aromatic carbocycles. The van der Waals surface area contributed by atoms with E-state index in [4.69, 9.17) is 0 Å². The Labute approximate surface area is 152 Å². The van der Waals surface area contributed by atoms with Gasteiger partial charge in [0.25, 0.3) is 0 Å². The molecule has 4 nitrogen and oxygen atoms in total. The van der Waals surface area contributed by atoms with E-state index in [9.17, 15) is 9.18 Å². The van der Waals surface area contributed by atoms with Gasteiger partial charge in [0.15, 0.2) is 0 Å². The van der Waals surface area contributed by atoms with Gasteiger partial charge in [-0.15, -0.1) is 0 Å². The summed E-state index contributed by atoms with van der Waals surface area (Å²) in [7, 11) is 0. The maximum absolute atomic E-state index is 13.3. The average molecular weight is 351 g/mol. The molecule has 1 saturated heterocycles. The molecule has 2 atom stereocenters. The highest BCUT2D eigenvalue weighted by Gasteiger charge is 2.39. The highest BCUT2D eigenvalue weighted by atomic mass is 19.1. The number of nitrogens with one attached hydrogen (secondary N) is 2. The smallest absolute Gasteiger partial charge is 0.322 e. The van der Waals surface area contributed by atoms with E-state index in [0.717, 1.165) is 25.1 Å². The molecule has 0 spiro atoms. The second-order valence-corrected chi connectivity index (χ2v) is 6.76. The van der Waals surface area contributed by atoms with Gasteiger partial charge in [0.05, 0.1) is 12.1 Å². The Morgan fingerprint density at radius 3 is 2.62 bits per heavy atom. The molecule has 2 aliphatic heterocycles. The molecule has 0 saturated carbocycles. The van der Waals surface area contributed by atoms with Crippen molar-refractivity contribution >= 4 is 11.7 Å². The van der Waals surface area contributed by atoms with E-state index < -0.39 is 0 Å². The lowest BCUT2D eigenvalue weighted by Gasteiger charge is -2.35. The number of benzene rings is 2.